The summed E-state index contributed by atoms with van der Waals surface area (Å²) in [7, 11) is 0. The van der Waals surface area contributed by atoms with Crippen LogP contribution >= 0.6 is 0 Å². The monoisotopic (exact) mass is 225 g/mol. The van der Waals surface area contributed by atoms with E-state index in [0.717, 1.165) is 32.0 Å². The van der Waals surface area contributed by atoms with Crippen LogP contribution < -0.4 is 10.6 Å². The van der Waals surface area contributed by atoms with E-state index < -0.39 is 0 Å². The van der Waals surface area contributed by atoms with E-state index in [-0.39, 0.29) is 0 Å². The molecular weight excluding hydrogens is 198 g/mol. The van der Waals surface area contributed by atoms with Crippen LogP contribution in [0.3, 0.4) is 0 Å². The second-order valence-corrected chi connectivity index (χ2v) is 5.14. The number of rotatable bonds is 5. The molecule has 1 aliphatic rings. The summed E-state index contributed by atoms with van der Waals surface area (Å²) in [4.78, 5) is 4.70. The number of hydrogen-bond donors (Lipinski definition) is 2. The van der Waals surface area contributed by atoms with Gasteiger partial charge in [-0.2, -0.15) is 0 Å². The average Bonchev–Trinajstić information content (AvgIpc) is 2.70. The van der Waals surface area contributed by atoms with Crippen LogP contribution in [0.1, 0.15) is 52.9 Å². The van der Waals surface area contributed by atoms with Crippen molar-refractivity contribution in [2.24, 2.45) is 10.4 Å². The lowest BCUT2D eigenvalue weighted by Gasteiger charge is -2.21. The Morgan fingerprint density at radius 1 is 1.19 bits per heavy atom. The summed E-state index contributed by atoms with van der Waals surface area (Å²) in [6.07, 6.45) is 6.57. The zero-order valence-corrected chi connectivity index (χ0v) is 11.1. The highest BCUT2D eigenvalue weighted by atomic mass is 15.2. The van der Waals surface area contributed by atoms with Crippen LogP contribution in [-0.4, -0.2) is 25.6 Å². The van der Waals surface area contributed by atoms with E-state index in [0.29, 0.717) is 5.41 Å². The molecule has 0 unspecified atom stereocenters. The van der Waals surface area contributed by atoms with Gasteiger partial charge in [-0.05, 0) is 31.6 Å². The molecule has 0 bridgehead atoms. The smallest absolute Gasteiger partial charge is 0.191 e. The van der Waals surface area contributed by atoms with Crippen LogP contribution in [0.5, 0.6) is 0 Å². The maximum Gasteiger partial charge on any atom is 0.191 e. The van der Waals surface area contributed by atoms with E-state index in [9.17, 15) is 0 Å². The van der Waals surface area contributed by atoms with Crippen LogP contribution in [0.25, 0.3) is 0 Å². The first-order chi connectivity index (χ1) is 7.70. The summed E-state index contributed by atoms with van der Waals surface area (Å²) in [5.74, 6) is 0.984. The van der Waals surface area contributed by atoms with Crippen molar-refractivity contribution < 1.29 is 0 Å². The zero-order valence-electron chi connectivity index (χ0n) is 11.1. The molecular formula is C13H27N3. The first-order valence-corrected chi connectivity index (χ1v) is 6.72. The highest BCUT2D eigenvalue weighted by molar-refractivity contribution is 5.79. The molecule has 0 spiro atoms. The van der Waals surface area contributed by atoms with Crippen molar-refractivity contribution in [3.05, 3.63) is 0 Å². The van der Waals surface area contributed by atoms with Gasteiger partial charge in [0.2, 0.25) is 0 Å². The molecule has 0 aliphatic heterocycles. The van der Waals surface area contributed by atoms with Gasteiger partial charge in [-0.15, -0.1) is 0 Å². The third kappa shape index (κ3) is 4.42. The van der Waals surface area contributed by atoms with E-state index in [1.807, 2.05) is 0 Å². The van der Waals surface area contributed by atoms with Gasteiger partial charge in [0.05, 0.1) is 0 Å². The molecule has 94 valence electrons. The molecule has 0 radical (unpaired) electrons. The fourth-order valence-electron chi connectivity index (χ4n) is 2.24. The first-order valence-electron chi connectivity index (χ1n) is 6.72. The largest absolute Gasteiger partial charge is 0.357 e. The predicted molar refractivity (Wildman–Crippen MR) is 70.8 cm³/mol. The fourth-order valence-corrected chi connectivity index (χ4v) is 2.24. The van der Waals surface area contributed by atoms with Gasteiger partial charge < -0.3 is 10.6 Å². The van der Waals surface area contributed by atoms with Gasteiger partial charge in [0.15, 0.2) is 5.96 Å². The molecule has 0 aromatic carbocycles. The highest BCUT2D eigenvalue weighted by Gasteiger charge is 2.28. The molecule has 0 amide bonds. The molecule has 3 heteroatoms. The maximum atomic E-state index is 4.70. The van der Waals surface area contributed by atoms with E-state index in [4.69, 9.17) is 4.99 Å². The van der Waals surface area contributed by atoms with Crippen molar-refractivity contribution in [1.82, 2.24) is 10.6 Å². The number of nitrogens with zero attached hydrogens (tertiary/aromatic N) is 1. The lowest BCUT2D eigenvalue weighted by molar-refractivity contribution is 0.350. The summed E-state index contributed by atoms with van der Waals surface area (Å²) in [6, 6.07) is 0. The van der Waals surface area contributed by atoms with E-state index in [2.05, 4.69) is 31.4 Å². The molecule has 1 fully saturated rings. The predicted octanol–water partition coefficient (Wildman–Crippen LogP) is 2.53. The Balaban J connectivity index is 2.42. The van der Waals surface area contributed by atoms with Crippen LogP contribution in [0.4, 0.5) is 0 Å². The second-order valence-electron chi connectivity index (χ2n) is 5.14. The van der Waals surface area contributed by atoms with Gasteiger partial charge in [-0.3, -0.25) is 4.99 Å². The SMILES string of the molecule is CCCNC(=NCC1(C)CCCC1)NCC. The van der Waals surface area contributed by atoms with Crippen molar-refractivity contribution in [2.45, 2.75) is 52.9 Å². The minimum absolute atomic E-state index is 0.453. The van der Waals surface area contributed by atoms with Gasteiger partial charge in [0.1, 0.15) is 0 Å². The van der Waals surface area contributed by atoms with Gasteiger partial charge in [-0.25, -0.2) is 0 Å². The Kier molecular flexibility index (Phi) is 5.64. The Bertz CT molecular complexity index is 217. The molecule has 0 saturated heterocycles. The quantitative estimate of drug-likeness (QED) is 0.557. The minimum atomic E-state index is 0.453. The van der Waals surface area contributed by atoms with Crippen LogP contribution in [0, 0.1) is 5.41 Å². The van der Waals surface area contributed by atoms with Crippen LogP contribution in [-0.2, 0) is 0 Å². The number of guanidine groups is 1. The van der Waals surface area contributed by atoms with Crippen molar-refractivity contribution in [3.8, 4) is 0 Å². The van der Waals surface area contributed by atoms with E-state index in [1.165, 1.54) is 25.7 Å². The maximum absolute atomic E-state index is 4.70. The van der Waals surface area contributed by atoms with Gasteiger partial charge in [-0.1, -0.05) is 26.7 Å². The Morgan fingerprint density at radius 3 is 2.44 bits per heavy atom. The lowest BCUT2D eigenvalue weighted by atomic mass is 9.89. The lowest BCUT2D eigenvalue weighted by Crippen LogP contribution is -2.38. The van der Waals surface area contributed by atoms with Gasteiger partial charge in [0.25, 0.3) is 0 Å². The van der Waals surface area contributed by atoms with E-state index >= 15 is 0 Å². The Morgan fingerprint density at radius 2 is 1.88 bits per heavy atom. The minimum Gasteiger partial charge on any atom is -0.357 e. The molecule has 1 rings (SSSR count). The molecule has 1 aliphatic carbocycles. The number of hydrogen-bond acceptors (Lipinski definition) is 1. The second kappa shape index (κ2) is 6.77. The molecule has 0 atom stereocenters. The van der Waals surface area contributed by atoms with Crippen molar-refractivity contribution in [3.63, 3.8) is 0 Å². The number of nitrogens with one attached hydrogen (secondary N) is 2. The average molecular weight is 225 g/mol. The van der Waals surface area contributed by atoms with Gasteiger partial charge >= 0.3 is 0 Å². The molecule has 0 heterocycles. The molecule has 0 aromatic heterocycles. The normalized spacial score (nSPS) is 19.8. The topological polar surface area (TPSA) is 36.4 Å². The summed E-state index contributed by atoms with van der Waals surface area (Å²) < 4.78 is 0. The summed E-state index contributed by atoms with van der Waals surface area (Å²) in [5.41, 5.74) is 0.453. The van der Waals surface area contributed by atoms with Crippen LogP contribution in [0.2, 0.25) is 0 Å². The zero-order chi connectivity index (χ0) is 11.9. The molecule has 3 nitrogen and oxygen atoms in total. The molecule has 0 aromatic rings. The summed E-state index contributed by atoms with van der Waals surface area (Å²) in [6.45, 7) is 9.56. The summed E-state index contributed by atoms with van der Waals surface area (Å²) >= 11 is 0. The third-order valence-corrected chi connectivity index (χ3v) is 3.32. The van der Waals surface area contributed by atoms with Crippen molar-refractivity contribution in [2.75, 3.05) is 19.6 Å². The number of aliphatic imine (C=N–C) groups is 1. The molecule has 1 saturated carbocycles. The molecule has 2 N–H and O–H groups in total. The summed E-state index contributed by atoms with van der Waals surface area (Å²) in [5, 5.41) is 6.65. The highest BCUT2D eigenvalue weighted by Crippen LogP contribution is 2.37. The van der Waals surface area contributed by atoms with Crippen molar-refractivity contribution in [1.29, 1.82) is 0 Å². The standard InChI is InChI=1S/C13H27N3/c1-4-10-15-12(14-5-2)16-11-13(3)8-6-7-9-13/h4-11H2,1-3H3,(H2,14,15,16). The Labute approximate surface area is 100 Å². The van der Waals surface area contributed by atoms with Crippen LogP contribution in [0.15, 0.2) is 4.99 Å². The third-order valence-electron chi connectivity index (χ3n) is 3.32. The van der Waals surface area contributed by atoms with Crippen molar-refractivity contribution >= 4 is 5.96 Å². The Hall–Kier alpha value is -0.730. The van der Waals surface area contributed by atoms with Gasteiger partial charge in [0, 0.05) is 19.6 Å². The van der Waals surface area contributed by atoms with E-state index in [1.54, 1.807) is 0 Å². The first kappa shape index (κ1) is 13.3. The fraction of sp³-hybridized carbons (Fsp3) is 0.923. The molecule has 16 heavy (non-hydrogen) atoms.